The number of likely N-dealkylation sites (N-methyl/N-ethyl adjacent to an activating group) is 1. The molecule has 0 N–H and O–H groups in total. The van der Waals surface area contributed by atoms with Gasteiger partial charge in [0.25, 0.3) is 0 Å². The molecule has 1 aromatic rings. The molecule has 0 saturated carbocycles. The lowest BCUT2D eigenvalue weighted by molar-refractivity contribution is -0.130. The first-order chi connectivity index (χ1) is 11.4. The highest BCUT2D eigenvalue weighted by molar-refractivity contribution is 7.91. The van der Waals surface area contributed by atoms with Gasteiger partial charge in [-0.25, -0.2) is 13.4 Å². The number of aromatic nitrogens is 1. The quantitative estimate of drug-likeness (QED) is 0.781. The van der Waals surface area contributed by atoms with Crippen LogP contribution in [0.2, 0.25) is 0 Å². The molecule has 0 aromatic carbocycles. The number of amides is 1. The minimum Gasteiger partial charge on any atom is -0.341 e. The summed E-state index contributed by atoms with van der Waals surface area (Å²) < 4.78 is 23.1. The number of sulfone groups is 1. The molecule has 2 saturated heterocycles. The predicted molar refractivity (Wildman–Crippen MR) is 94.8 cm³/mol. The van der Waals surface area contributed by atoms with E-state index in [2.05, 4.69) is 9.88 Å². The van der Waals surface area contributed by atoms with Crippen LogP contribution in [-0.2, 0) is 27.6 Å². The maximum atomic E-state index is 12.4. The van der Waals surface area contributed by atoms with Crippen molar-refractivity contribution in [1.29, 1.82) is 0 Å². The molecule has 8 heteroatoms. The van der Waals surface area contributed by atoms with Crippen LogP contribution in [0, 0.1) is 0 Å². The highest BCUT2D eigenvalue weighted by atomic mass is 32.2. The van der Waals surface area contributed by atoms with E-state index in [1.54, 1.807) is 23.3 Å². The average molecular weight is 372 g/mol. The number of likely N-dealkylation sites (tertiary alicyclic amines) is 1. The molecular weight excluding hydrogens is 346 g/mol. The minimum absolute atomic E-state index is 0.0491. The summed E-state index contributed by atoms with van der Waals surface area (Å²) in [7, 11) is -1.27. The summed E-state index contributed by atoms with van der Waals surface area (Å²) in [5.74, 6) is 0.227. The van der Waals surface area contributed by atoms with Gasteiger partial charge in [0.15, 0.2) is 9.84 Å². The fraction of sp³-hybridized carbons (Fsp3) is 0.750. The average Bonchev–Trinajstić information content (AvgIpc) is 3.13. The van der Waals surface area contributed by atoms with Gasteiger partial charge < -0.3 is 4.90 Å². The van der Waals surface area contributed by atoms with Crippen LogP contribution < -0.4 is 0 Å². The van der Waals surface area contributed by atoms with Crippen molar-refractivity contribution >= 4 is 27.1 Å². The maximum absolute atomic E-state index is 12.4. The molecule has 2 aliphatic heterocycles. The molecule has 0 bridgehead atoms. The lowest BCUT2D eigenvalue weighted by Gasteiger charge is -2.25. The first-order valence-corrected chi connectivity index (χ1v) is 11.2. The fourth-order valence-electron chi connectivity index (χ4n) is 3.38. The lowest BCUT2D eigenvalue weighted by Crippen LogP contribution is -2.38. The van der Waals surface area contributed by atoms with Gasteiger partial charge in [-0.2, -0.15) is 0 Å². The number of nitrogens with zero attached hydrogens (tertiary/aromatic N) is 3. The van der Waals surface area contributed by atoms with Crippen LogP contribution >= 0.6 is 11.3 Å². The smallest absolute Gasteiger partial charge is 0.228 e. The molecule has 134 valence electrons. The van der Waals surface area contributed by atoms with E-state index < -0.39 is 9.84 Å². The van der Waals surface area contributed by atoms with Gasteiger partial charge in [-0.3, -0.25) is 9.69 Å². The van der Waals surface area contributed by atoms with E-state index in [4.69, 9.17) is 0 Å². The van der Waals surface area contributed by atoms with E-state index in [0.717, 1.165) is 30.3 Å². The highest BCUT2D eigenvalue weighted by Gasteiger charge is 2.32. The highest BCUT2D eigenvalue weighted by Crippen LogP contribution is 2.19. The summed E-state index contributed by atoms with van der Waals surface area (Å²) in [6, 6.07) is -0.186. The van der Waals surface area contributed by atoms with Gasteiger partial charge in [0.05, 0.1) is 30.2 Å². The van der Waals surface area contributed by atoms with Crippen LogP contribution in [0.4, 0.5) is 0 Å². The third-order valence-electron chi connectivity index (χ3n) is 4.89. The van der Waals surface area contributed by atoms with Crippen molar-refractivity contribution < 1.29 is 13.2 Å². The van der Waals surface area contributed by atoms with Crippen molar-refractivity contribution in [3.8, 4) is 0 Å². The van der Waals surface area contributed by atoms with Crippen LogP contribution in [0.15, 0.2) is 5.38 Å². The maximum Gasteiger partial charge on any atom is 0.228 e. The van der Waals surface area contributed by atoms with E-state index in [0.29, 0.717) is 6.42 Å². The SMILES string of the molecule is CN(C(=O)Cc1csc(CN2CCCCC2)n1)C1CCS(=O)(=O)C1. The molecule has 3 heterocycles. The van der Waals surface area contributed by atoms with E-state index >= 15 is 0 Å². The molecule has 1 amide bonds. The molecule has 6 nitrogen and oxygen atoms in total. The Hall–Kier alpha value is -0.990. The van der Waals surface area contributed by atoms with Crippen LogP contribution in [0.25, 0.3) is 0 Å². The van der Waals surface area contributed by atoms with Crippen molar-refractivity contribution in [2.24, 2.45) is 0 Å². The van der Waals surface area contributed by atoms with Gasteiger partial charge in [0.1, 0.15) is 5.01 Å². The zero-order valence-corrected chi connectivity index (χ0v) is 15.7. The van der Waals surface area contributed by atoms with Crippen molar-refractivity contribution in [3.63, 3.8) is 0 Å². The van der Waals surface area contributed by atoms with Gasteiger partial charge in [-0.1, -0.05) is 6.42 Å². The molecule has 1 atom stereocenters. The monoisotopic (exact) mass is 371 g/mol. The van der Waals surface area contributed by atoms with Gasteiger partial charge >= 0.3 is 0 Å². The van der Waals surface area contributed by atoms with Gasteiger partial charge in [0, 0.05) is 18.5 Å². The second-order valence-corrected chi connectivity index (χ2v) is 9.98. The molecular formula is C16H25N3O3S2. The zero-order chi connectivity index (χ0) is 17.2. The molecule has 1 unspecified atom stereocenters. The van der Waals surface area contributed by atoms with Crippen molar-refractivity contribution in [2.75, 3.05) is 31.6 Å². The van der Waals surface area contributed by atoms with E-state index in [1.165, 1.54) is 19.3 Å². The minimum atomic E-state index is -2.97. The zero-order valence-electron chi connectivity index (χ0n) is 14.1. The number of rotatable bonds is 5. The van der Waals surface area contributed by atoms with E-state index in [9.17, 15) is 13.2 Å². The Morgan fingerprint density at radius 3 is 2.79 bits per heavy atom. The fourth-order valence-corrected chi connectivity index (χ4v) is 5.99. The summed E-state index contributed by atoms with van der Waals surface area (Å²) in [6.07, 6.45) is 4.63. The van der Waals surface area contributed by atoms with Crippen molar-refractivity contribution in [1.82, 2.24) is 14.8 Å². The van der Waals surface area contributed by atoms with Crippen LogP contribution in [0.3, 0.4) is 0 Å². The molecule has 2 fully saturated rings. The number of hydrogen-bond acceptors (Lipinski definition) is 6. The number of thiazole rings is 1. The summed E-state index contributed by atoms with van der Waals surface area (Å²) >= 11 is 1.61. The molecule has 2 aliphatic rings. The summed E-state index contributed by atoms with van der Waals surface area (Å²) in [5.41, 5.74) is 0.796. The van der Waals surface area contributed by atoms with Crippen LogP contribution in [0.5, 0.6) is 0 Å². The van der Waals surface area contributed by atoms with Gasteiger partial charge in [-0.05, 0) is 32.4 Å². The standard InChI is InChI=1S/C16H25N3O3S2/c1-18(14-5-8-24(21,22)12-14)16(20)9-13-11-23-15(17-13)10-19-6-3-2-4-7-19/h11,14H,2-10,12H2,1H3. The van der Waals surface area contributed by atoms with E-state index in [1.807, 2.05) is 5.38 Å². The Balaban J connectivity index is 1.53. The summed E-state index contributed by atoms with van der Waals surface area (Å²) in [6.45, 7) is 3.13. The number of hydrogen-bond donors (Lipinski definition) is 0. The van der Waals surface area contributed by atoms with Crippen molar-refractivity contribution in [3.05, 3.63) is 16.1 Å². The number of carbonyl (C=O) groups is 1. The Kier molecular flexibility index (Phi) is 5.56. The van der Waals surface area contributed by atoms with Crippen molar-refractivity contribution in [2.45, 2.75) is 44.7 Å². The first kappa shape index (κ1) is 17.8. The number of piperidine rings is 1. The van der Waals surface area contributed by atoms with Crippen LogP contribution in [0.1, 0.15) is 36.4 Å². The Morgan fingerprint density at radius 1 is 1.38 bits per heavy atom. The van der Waals surface area contributed by atoms with Gasteiger partial charge in [0.2, 0.25) is 5.91 Å². The number of carbonyl (C=O) groups excluding carboxylic acids is 1. The molecule has 1 aromatic heterocycles. The second-order valence-electron chi connectivity index (χ2n) is 6.81. The molecule has 0 aliphatic carbocycles. The summed E-state index contributed by atoms with van der Waals surface area (Å²) in [5, 5.41) is 3.02. The molecule has 3 rings (SSSR count). The third-order valence-corrected chi connectivity index (χ3v) is 7.52. The molecule has 24 heavy (non-hydrogen) atoms. The largest absolute Gasteiger partial charge is 0.341 e. The predicted octanol–water partition coefficient (Wildman–Crippen LogP) is 1.32. The third kappa shape index (κ3) is 4.55. The van der Waals surface area contributed by atoms with Crippen LogP contribution in [-0.4, -0.2) is 66.8 Å². The first-order valence-electron chi connectivity index (χ1n) is 8.55. The second kappa shape index (κ2) is 7.49. The topological polar surface area (TPSA) is 70.6 Å². The Morgan fingerprint density at radius 2 is 2.12 bits per heavy atom. The molecule has 0 spiro atoms. The van der Waals surface area contributed by atoms with Gasteiger partial charge in [-0.15, -0.1) is 11.3 Å². The Labute approximate surface area is 147 Å². The summed E-state index contributed by atoms with van der Waals surface area (Å²) in [4.78, 5) is 21.0. The Bertz CT molecular complexity index is 680. The van der Waals surface area contributed by atoms with E-state index in [-0.39, 0.29) is 29.9 Å². The lowest BCUT2D eigenvalue weighted by atomic mass is 10.1. The molecule has 0 radical (unpaired) electrons. The normalized spacial score (nSPS) is 24.1.